The van der Waals surface area contributed by atoms with Gasteiger partial charge in [-0.05, 0) is 31.2 Å². The average molecular weight is 316 g/mol. The number of hydrogen-bond acceptors (Lipinski definition) is 3. The number of anilines is 2. The molecule has 0 saturated carbocycles. The van der Waals surface area contributed by atoms with Gasteiger partial charge in [-0.2, -0.15) is 0 Å². The largest absolute Gasteiger partial charge is 0.398 e. The first-order chi connectivity index (χ1) is 9.70. The lowest BCUT2D eigenvalue weighted by atomic mass is 10.2. The van der Waals surface area contributed by atoms with E-state index in [1.54, 1.807) is 0 Å². The third kappa shape index (κ3) is 3.10. The summed E-state index contributed by atoms with van der Waals surface area (Å²) in [5, 5.41) is 0. The van der Waals surface area contributed by atoms with Gasteiger partial charge in [0, 0.05) is 17.3 Å². The van der Waals surface area contributed by atoms with Crippen molar-refractivity contribution in [3.05, 3.63) is 53.3 Å². The second-order valence-corrected chi connectivity index (χ2v) is 6.04. The molecule has 0 aromatic heterocycles. The molecule has 21 heavy (non-hydrogen) atoms. The summed E-state index contributed by atoms with van der Waals surface area (Å²) in [4.78, 5) is -0.409. The van der Waals surface area contributed by atoms with Crippen molar-refractivity contribution in [2.75, 3.05) is 10.5 Å². The molecular formula is C13H11F3N2O2S. The maximum absolute atomic E-state index is 13.5. The molecule has 0 aliphatic heterocycles. The van der Waals surface area contributed by atoms with Gasteiger partial charge in [-0.15, -0.1) is 0 Å². The second-order valence-electron chi connectivity index (χ2n) is 4.35. The van der Waals surface area contributed by atoms with Gasteiger partial charge in [0.2, 0.25) is 0 Å². The Morgan fingerprint density at radius 3 is 2.24 bits per heavy atom. The van der Waals surface area contributed by atoms with Crippen LogP contribution in [0.4, 0.5) is 24.5 Å². The number of nitrogen functional groups attached to an aromatic ring is 1. The third-order valence-corrected chi connectivity index (χ3v) is 4.20. The zero-order valence-electron chi connectivity index (χ0n) is 10.8. The molecule has 0 bridgehead atoms. The summed E-state index contributed by atoms with van der Waals surface area (Å²) in [7, 11) is -4.16. The van der Waals surface area contributed by atoms with Crippen LogP contribution in [0.3, 0.4) is 0 Å². The van der Waals surface area contributed by atoms with E-state index in [4.69, 9.17) is 5.73 Å². The van der Waals surface area contributed by atoms with Crippen LogP contribution in [0.15, 0.2) is 35.2 Å². The summed E-state index contributed by atoms with van der Waals surface area (Å²) in [6.45, 7) is 1.41. The molecule has 0 heterocycles. The van der Waals surface area contributed by atoms with Crippen LogP contribution in [-0.2, 0) is 10.0 Å². The van der Waals surface area contributed by atoms with Crippen LogP contribution < -0.4 is 10.5 Å². The van der Waals surface area contributed by atoms with Crippen molar-refractivity contribution >= 4 is 21.4 Å². The molecule has 0 unspecified atom stereocenters. The summed E-state index contributed by atoms with van der Waals surface area (Å²) >= 11 is 0. The average Bonchev–Trinajstić information content (AvgIpc) is 2.39. The van der Waals surface area contributed by atoms with Crippen molar-refractivity contribution in [2.45, 2.75) is 11.8 Å². The maximum atomic E-state index is 13.5. The van der Waals surface area contributed by atoms with Gasteiger partial charge in [0.1, 0.15) is 5.82 Å². The fourth-order valence-corrected chi connectivity index (χ4v) is 2.70. The molecule has 0 radical (unpaired) electrons. The van der Waals surface area contributed by atoms with Crippen LogP contribution in [0, 0.1) is 24.4 Å². The van der Waals surface area contributed by atoms with E-state index in [0.717, 1.165) is 24.3 Å². The fraction of sp³-hybridized carbons (Fsp3) is 0.0769. The number of nitrogens with one attached hydrogen (secondary N) is 1. The molecule has 0 amide bonds. The van der Waals surface area contributed by atoms with Crippen LogP contribution in [0.25, 0.3) is 0 Å². The highest BCUT2D eigenvalue weighted by atomic mass is 32.2. The van der Waals surface area contributed by atoms with E-state index in [9.17, 15) is 21.6 Å². The molecule has 0 spiro atoms. The first-order valence-electron chi connectivity index (χ1n) is 5.74. The summed E-state index contributed by atoms with van der Waals surface area (Å²) in [5.41, 5.74) is 5.43. The molecule has 0 aliphatic carbocycles. The lowest BCUT2D eigenvalue weighted by Gasteiger charge is -2.10. The molecule has 0 aliphatic rings. The highest BCUT2D eigenvalue weighted by Crippen LogP contribution is 2.23. The van der Waals surface area contributed by atoms with Gasteiger partial charge < -0.3 is 5.73 Å². The molecule has 2 aromatic rings. The quantitative estimate of drug-likeness (QED) is 0.855. The summed E-state index contributed by atoms with van der Waals surface area (Å²) in [6, 6.07) is 4.39. The highest BCUT2D eigenvalue weighted by molar-refractivity contribution is 7.92. The molecule has 0 atom stereocenters. The molecule has 2 aromatic carbocycles. The maximum Gasteiger partial charge on any atom is 0.262 e. The van der Waals surface area contributed by atoms with Gasteiger partial charge >= 0.3 is 0 Å². The first kappa shape index (κ1) is 15.2. The van der Waals surface area contributed by atoms with Crippen LogP contribution >= 0.6 is 0 Å². The van der Waals surface area contributed by atoms with E-state index in [-0.39, 0.29) is 16.9 Å². The van der Waals surface area contributed by atoms with Crippen LogP contribution in [0.2, 0.25) is 0 Å². The van der Waals surface area contributed by atoms with E-state index < -0.39 is 32.4 Å². The zero-order chi connectivity index (χ0) is 15.8. The Morgan fingerprint density at radius 2 is 1.67 bits per heavy atom. The molecule has 2 rings (SSSR count). The van der Waals surface area contributed by atoms with E-state index in [0.29, 0.717) is 6.07 Å². The summed E-state index contributed by atoms with van der Waals surface area (Å²) in [6.07, 6.45) is 0. The van der Waals surface area contributed by atoms with E-state index >= 15 is 0 Å². The number of benzene rings is 2. The van der Waals surface area contributed by atoms with Gasteiger partial charge in [0.05, 0.1) is 10.6 Å². The Bertz CT molecular complexity index is 784. The highest BCUT2D eigenvalue weighted by Gasteiger charge is 2.18. The van der Waals surface area contributed by atoms with Gasteiger partial charge in [0.15, 0.2) is 11.6 Å². The second kappa shape index (κ2) is 5.28. The van der Waals surface area contributed by atoms with Crippen molar-refractivity contribution in [1.82, 2.24) is 0 Å². The molecular weight excluding hydrogens is 305 g/mol. The van der Waals surface area contributed by atoms with E-state index in [1.165, 1.54) is 6.92 Å². The summed E-state index contributed by atoms with van der Waals surface area (Å²) in [5.74, 6) is -3.09. The van der Waals surface area contributed by atoms with Gasteiger partial charge in [0.25, 0.3) is 10.0 Å². The minimum absolute atomic E-state index is 0.0272. The van der Waals surface area contributed by atoms with Gasteiger partial charge in [-0.1, -0.05) is 0 Å². The Hall–Kier alpha value is -2.22. The molecule has 8 heteroatoms. The van der Waals surface area contributed by atoms with Crippen molar-refractivity contribution in [3.8, 4) is 0 Å². The van der Waals surface area contributed by atoms with Gasteiger partial charge in [-0.25, -0.2) is 21.6 Å². The van der Waals surface area contributed by atoms with E-state index in [2.05, 4.69) is 0 Å². The number of nitrogens with two attached hydrogens (primary N) is 1. The number of hydrogen-bond donors (Lipinski definition) is 2. The standard InChI is InChI=1S/C13H11F3N2O2S/c1-7-11(15)5-9(6-13(7)17)21(19,20)18-8-2-3-10(14)12(16)4-8/h2-6,18H,17H2,1H3. The monoisotopic (exact) mass is 316 g/mol. The van der Waals surface area contributed by atoms with Gasteiger partial charge in [-0.3, -0.25) is 4.72 Å². The third-order valence-electron chi connectivity index (χ3n) is 2.84. The van der Waals surface area contributed by atoms with Crippen molar-refractivity contribution in [3.63, 3.8) is 0 Å². The Morgan fingerprint density at radius 1 is 1.00 bits per heavy atom. The van der Waals surface area contributed by atoms with Crippen molar-refractivity contribution in [1.29, 1.82) is 0 Å². The predicted molar refractivity (Wildman–Crippen MR) is 72.7 cm³/mol. The van der Waals surface area contributed by atoms with Crippen LogP contribution in [-0.4, -0.2) is 8.42 Å². The smallest absolute Gasteiger partial charge is 0.262 e. The van der Waals surface area contributed by atoms with Crippen LogP contribution in [0.5, 0.6) is 0 Å². The number of rotatable bonds is 3. The first-order valence-corrected chi connectivity index (χ1v) is 7.22. The molecule has 112 valence electrons. The lowest BCUT2D eigenvalue weighted by Crippen LogP contribution is -2.14. The number of halogens is 3. The minimum Gasteiger partial charge on any atom is -0.398 e. The van der Waals surface area contributed by atoms with Crippen LogP contribution in [0.1, 0.15) is 5.56 Å². The SMILES string of the molecule is Cc1c(N)cc(S(=O)(=O)Nc2ccc(F)c(F)c2)cc1F. The topological polar surface area (TPSA) is 72.2 Å². The Kier molecular flexibility index (Phi) is 3.82. The van der Waals surface area contributed by atoms with Crippen molar-refractivity contribution in [2.24, 2.45) is 0 Å². The minimum atomic E-state index is -4.16. The molecule has 3 N–H and O–H groups in total. The normalized spacial score (nSPS) is 11.4. The molecule has 0 fully saturated rings. The Balaban J connectivity index is 2.40. The Labute approximate surface area is 119 Å². The van der Waals surface area contributed by atoms with E-state index in [1.807, 2.05) is 4.72 Å². The molecule has 0 saturated heterocycles. The zero-order valence-corrected chi connectivity index (χ0v) is 11.6. The summed E-state index contributed by atoms with van der Waals surface area (Å²) < 4.78 is 65.5. The van der Waals surface area contributed by atoms with Crippen molar-refractivity contribution < 1.29 is 21.6 Å². The predicted octanol–water partition coefficient (Wildman–Crippen LogP) is 2.80. The molecule has 4 nitrogen and oxygen atoms in total. The lowest BCUT2D eigenvalue weighted by molar-refractivity contribution is 0.509. The number of sulfonamides is 1. The fourth-order valence-electron chi connectivity index (χ4n) is 1.60.